The Balaban J connectivity index is 1.71. The Labute approximate surface area is 211 Å². The number of Topliss-reactive ketones (excluding diaryl/α,β-unsaturated/α-hetero) is 1. The van der Waals surface area contributed by atoms with Crippen LogP contribution in [-0.2, 0) is 0 Å². The first-order valence-electron chi connectivity index (χ1n) is 10.5. The SMILES string of the molecule is COc1ccc(-c2coc3cc(O/C(=C\N(C)C)C(=O)c4ccc(Cl)cc4)c(Cl)cc3c2=O)cc1. The molecule has 0 N–H and O–H groups in total. The Morgan fingerprint density at radius 2 is 1.69 bits per heavy atom. The lowest BCUT2D eigenvalue weighted by molar-refractivity contribution is 0.0982. The van der Waals surface area contributed by atoms with Crippen molar-refractivity contribution in [3.05, 3.63) is 105 Å². The second-order valence-corrected chi connectivity index (χ2v) is 8.72. The van der Waals surface area contributed by atoms with Crippen molar-refractivity contribution in [3.63, 3.8) is 0 Å². The molecule has 0 atom stereocenters. The monoisotopic (exact) mass is 509 g/mol. The van der Waals surface area contributed by atoms with E-state index in [9.17, 15) is 9.59 Å². The van der Waals surface area contributed by atoms with Gasteiger partial charge in [0, 0.05) is 36.9 Å². The summed E-state index contributed by atoms with van der Waals surface area (Å²) in [7, 11) is 5.10. The van der Waals surface area contributed by atoms with E-state index in [2.05, 4.69) is 0 Å². The van der Waals surface area contributed by atoms with Crippen LogP contribution in [0.1, 0.15) is 10.4 Å². The molecule has 3 aromatic carbocycles. The zero-order valence-corrected chi connectivity index (χ0v) is 20.7. The van der Waals surface area contributed by atoms with Gasteiger partial charge in [0.25, 0.3) is 0 Å². The van der Waals surface area contributed by atoms with Crippen LogP contribution in [-0.4, -0.2) is 31.9 Å². The zero-order valence-electron chi connectivity index (χ0n) is 19.2. The topological polar surface area (TPSA) is 69.0 Å². The Bertz CT molecular complexity index is 1470. The third-order valence-corrected chi connectivity index (χ3v) is 5.70. The van der Waals surface area contributed by atoms with Crippen molar-refractivity contribution in [1.29, 1.82) is 0 Å². The van der Waals surface area contributed by atoms with Crippen LogP contribution >= 0.6 is 23.2 Å². The van der Waals surface area contributed by atoms with Crippen LogP contribution in [0.2, 0.25) is 10.0 Å². The number of ketones is 1. The van der Waals surface area contributed by atoms with Gasteiger partial charge < -0.3 is 18.8 Å². The summed E-state index contributed by atoms with van der Waals surface area (Å²) in [5, 5.41) is 0.963. The van der Waals surface area contributed by atoms with E-state index < -0.39 is 0 Å². The molecule has 0 radical (unpaired) electrons. The van der Waals surface area contributed by atoms with Gasteiger partial charge in [0.1, 0.15) is 23.3 Å². The normalized spacial score (nSPS) is 11.4. The number of methoxy groups -OCH3 is 1. The van der Waals surface area contributed by atoms with Gasteiger partial charge >= 0.3 is 0 Å². The maximum atomic E-state index is 13.2. The minimum Gasteiger partial charge on any atom is -0.497 e. The smallest absolute Gasteiger partial charge is 0.229 e. The highest BCUT2D eigenvalue weighted by Crippen LogP contribution is 2.32. The number of ether oxygens (including phenoxy) is 2. The number of halogens is 2. The van der Waals surface area contributed by atoms with Crippen LogP contribution in [0.5, 0.6) is 11.5 Å². The highest BCUT2D eigenvalue weighted by molar-refractivity contribution is 6.33. The highest BCUT2D eigenvalue weighted by atomic mass is 35.5. The Hall–Kier alpha value is -3.74. The summed E-state index contributed by atoms with van der Waals surface area (Å²) in [6.45, 7) is 0. The summed E-state index contributed by atoms with van der Waals surface area (Å²) in [6.07, 6.45) is 2.93. The molecule has 0 unspecified atom stereocenters. The first-order chi connectivity index (χ1) is 16.8. The lowest BCUT2D eigenvalue weighted by atomic mass is 10.1. The summed E-state index contributed by atoms with van der Waals surface area (Å²) in [5.41, 5.74) is 1.50. The Morgan fingerprint density at radius 1 is 1.00 bits per heavy atom. The van der Waals surface area contributed by atoms with E-state index in [4.69, 9.17) is 37.1 Å². The second kappa shape index (κ2) is 10.3. The average Bonchev–Trinajstić information content (AvgIpc) is 2.85. The van der Waals surface area contributed by atoms with Gasteiger partial charge in [0.15, 0.2) is 5.76 Å². The van der Waals surface area contributed by atoms with Crippen LogP contribution in [0.3, 0.4) is 0 Å². The van der Waals surface area contributed by atoms with Crippen molar-refractivity contribution < 1.29 is 18.7 Å². The third kappa shape index (κ3) is 5.34. The molecule has 8 heteroatoms. The number of carbonyl (C=O) groups excluding carboxylic acids is 1. The summed E-state index contributed by atoms with van der Waals surface area (Å²) in [4.78, 5) is 27.9. The zero-order chi connectivity index (χ0) is 25.1. The molecule has 0 aliphatic carbocycles. The quantitative estimate of drug-likeness (QED) is 0.162. The van der Waals surface area contributed by atoms with Gasteiger partial charge in [-0.2, -0.15) is 0 Å². The van der Waals surface area contributed by atoms with Crippen LogP contribution in [0.4, 0.5) is 0 Å². The lowest BCUT2D eigenvalue weighted by Gasteiger charge is -2.14. The maximum absolute atomic E-state index is 13.2. The number of hydrogen-bond donors (Lipinski definition) is 0. The number of nitrogens with zero attached hydrogens (tertiary/aromatic N) is 1. The molecule has 0 fully saturated rings. The van der Waals surface area contributed by atoms with Gasteiger partial charge in [-0.25, -0.2) is 0 Å². The molecule has 0 spiro atoms. The van der Waals surface area contributed by atoms with Gasteiger partial charge in [-0.1, -0.05) is 35.3 Å². The van der Waals surface area contributed by atoms with Crippen LogP contribution in [0.15, 0.2) is 88.1 Å². The van der Waals surface area contributed by atoms with Gasteiger partial charge in [0.05, 0.1) is 23.1 Å². The fourth-order valence-corrected chi connectivity index (χ4v) is 3.73. The van der Waals surface area contributed by atoms with Gasteiger partial charge in [-0.3, -0.25) is 9.59 Å². The number of fused-ring (bicyclic) bond motifs is 1. The molecule has 4 rings (SSSR count). The average molecular weight is 510 g/mol. The van der Waals surface area contributed by atoms with Gasteiger partial charge in [-0.15, -0.1) is 0 Å². The predicted molar refractivity (Wildman–Crippen MR) is 138 cm³/mol. The molecule has 0 saturated carbocycles. The molecule has 0 saturated heterocycles. The van der Waals surface area contributed by atoms with E-state index >= 15 is 0 Å². The number of hydrogen-bond acceptors (Lipinski definition) is 6. The fourth-order valence-electron chi connectivity index (χ4n) is 3.41. The molecule has 1 aromatic heterocycles. The molecule has 35 heavy (non-hydrogen) atoms. The van der Waals surface area contributed by atoms with Crippen molar-refractivity contribution in [1.82, 2.24) is 4.90 Å². The lowest BCUT2D eigenvalue weighted by Crippen LogP contribution is -2.15. The first-order valence-corrected chi connectivity index (χ1v) is 11.3. The third-order valence-electron chi connectivity index (χ3n) is 5.15. The summed E-state index contributed by atoms with van der Waals surface area (Å²) in [5.74, 6) is 0.534. The molecule has 0 aliphatic rings. The number of rotatable bonds is 7. The van der Waals surface area contributed by atoms with E-state index in [0.29, 0.717) is 27.5 Å². The Morgan fingerprint density at radius 3 is 2.31 bits per heavy atom. The van der Waals surface area contributed by atoms with Crippen LogP contribution < -0.4 is 14.9 Å². The van der Waals surface area contributed by atoms with Gasteiger partial charge in [0.2, 0.25) is 11.2 Å². The largest absolute Gasteiger partial charge is 0.497 e. The standard InChI is InChI=1S/C27H21Cl2NO5/c1-30(2)14-25(26(31)17-4-8-18(28)9-5-17)35-24-13-23-20(12-22(24)29)27(32)21(15-34-23)16-6-10-19(33-3)11-7-16/h4-15H,1-3H3/b25-14-. The van der Waals surface area contributed by atoms with Crippen molar-refractivity contribution in [2.45, 2.75) is 0 Å². The minimum atomic E-state index is -0.358. The number of allylic oxidation sites excluding steroid dienone is 1. The molecule has 6 nitrogen and oxygen atoms in total. The second-order valence-electron chi connectivity index (χ2n) is 7.88. The Kier molecular flexibility index (Phi) is 7.15. The predicted octanol–water partition coefficient (Wildman–Crippen LogP) is 6.44. The maximum Gasteiger partial charge on any atom is 0.229 e. The van der Waals surface area contributed by atoms with E-state index in [1.165, 1.54) is 18.4 Å². The molecule has 0 amide bonds. The molecule has 0 aliphatic heterocycles. The molecule has 0 bridgehead atoms. The van der Waals surface area contributed by atoms with Crippen molar-refractivity contribution in [2.75, 3.05) is 21.2 Å². The summed E-state index contributed by atoms with van der Waals surface area (Å²) >= 11 is 12.4. The van der Waals surface area contributed by atoms with Crippen LogP contribution in [0, 0.1) is 0 Å². The number of carbonyl (C=O) groups is 1. The van der Waals surface area contributed by atoms with E-state index in [-0.39, 0.29) is 38.7 Å². The van der Waals surface area contributed by atoms with Crippen molar-refractivity contribution >= 4 is 40.0 Å². The minimum absolute atomic E-state index is 0.0378. The fraction of sp³-hybridized carbons (Fsp3) is 0.111. The molecule has 178 valence electrons. The summed E-state index contributed by atoms with van der Waals surface area (Å²) < 4.78 is 16.8. The summed E-state index contributed by atoms with van der Waals surface area (Å²) in [6, 6.07) is 16.5. The first kappa shape index (κ1) is 24.4. The molecule has 1 heterocycles. The van der Waals surface area contributed by atoms with Gasteiger partial charge in [-0.05, 0) is 48.0 Å². The molecular weight excluding hydrogens is 489 g/mol. The van der Waals surface area contributed by atoms with Crippen molar-refractivity contribution in [3.8, 4) is 22.6 Å². The van der Waals surface area contributed by atoms with Crippen molar-refractivity contribution in [2.24, 2.45) is 0 Å². The highest BCUT2D eigenvalue weighted by Gasteiger charge is 2.19. The van der Waals surface area contributed by atoms with E-state index in [0.717, 1.165) is 0 Å². The van der Waals surface area contributed by atoms with Crippen LogP contribution in [0.25, 0.3) is 22.1 Å². The molecule has 4 aromatic rings. The van der Waals surface area contributed by atoms with E-state index in [1.807, 2.05) is 0 Å². The molecular formula is C27H21Cl2NO5. The number of benzene rings is 3. The van der Waals surface area contributed by atoms with E-state index in [1.54, 1.807) is 80.8 Å².